The summed E-state index contributed by atoms with van der Waals surface area (Å²) in [4.78, 5) is 0. The van der Waals surface area contributed by atoms with Crippen molar-refractivity contribution in [3.63, 3.8) is 0 Å². The lowest BCUT2D eigenvalue weighted by atomic mass is 9.65. The molecule has 0 bridgehead atoms. The molecule has 0 aliphatic heterocycles. The Morgan fingerprint density at radius 3 is 2.25 bits per heavy atom. The second kappa shape index (κ2) is 3.02. The predicted molar refractivity (Wildman–Crippen MR) is 54.3 cm³/mol. The first-order valence-corrected chi connectivity index (χ1v) is 5.09. The maximum Gasteiger partial charge on any atom is 0.0123 e. The summed E-state index contributed by atoms with van der Waals surface area (Å²) in [6.45, 7) is 9.52. The molecule has 1 nitrogen and oxygen atoms in total. The van der Waals surface area contributed by atoms with Crippen LogP contribution in [0.15, 0.2) is 0 Å². The molecular formula is C11H23N. The van der Waals surface area contributed by atoms with Gasteiger partial charge in [-0.15, -0.1) is 0 Å². The highest BCUT2D eigenvalue weighted by molar-refractivity contribution is 4.99. The summed E-state index contributed by atoms with van der Waals surface area (Å²) in [5.41, 5.74) is 0.916. The number of hydrogen-bond acceptors (Lipinski definition) is 1. The van der Waals surface area contributed by atoms with Crippen molar-refractivity contribution in [2.75, 3.05) is 7.05 Å². The summed E-state index contributed by atoms with van der Waals surface area (Å²) in [6, 6.07) is 0.720. The summed E-state index contributed by atoms with van der Waals surface area (Å²) in [5.74, 6) is 0. The molecule has 0 saturated heterocycles. The Morgan fingerprint density at radius 2 is 1.92 bits per heavy atom. The summed E-state index contributed by atoms with van der Waals surface area (Å²) < 4.78 is 0. The molecule has 1 rings (SSSR count). The number of hydrogen-bond donors (Lipinski definition) is 1. The monoisotopic (exact) mass is 169 g/mol. The third-order valence-corrected chi connectivity index (χ3v) is 4.02. The second-order valence-electron chi connectivity index (χ2n) is 5.40. The first-order valence-electron chi connectivity index (χ1n) is 5.09. The van der Waals surface area contributed by atoms with Crippen LogP contribution in [0.4, 0.5) is 0 Å². The van der Waals surface area contributed by atoms with Crippen molar-refractivity contribution in [2.24, 2.45) is 10.8 Å². The summed E-state index contributed by atoms with van der Waals surface area (Å²) in [6.07, 6.45) is 4.12. The van der Waals surface area contributed by atoms with Crippen LogP contribution >= 0.6 is 0 Å². The molecule has 72 valence electrons. The Labute approximate surface area is 76.9 Å². The minimum Gasteiger partial charge on any atom is -0.316 e. The van der Waals surface area contributed by atoms with Gasteiger partial charge >= 0.3 is 0 Å². The van der Waals surface area contributed by atoms with E-state index >= 15 is 0 Å². The molecule has 0 spiro atoms. The summed E-state index contributed by atoms with van der Waals surface area (Å²) >= 11 is 0. The van der Waals surface area contributed by atoms with E-state index in [1.54, 1.807) is 0 Å². The molecule has 1 heteroatoms. The minimum absolute atomic E-state index is 0.428. The molecule has 0 aromatic heterocycles. The molecule has 1 unspecified atom stereocenters. The van der Waals surface area contributed by atoms with Crippen LogP contribution in [0, 0.1) is 10.8 Å². The first-order chi connectivity index (χ1) is 5.42. The van der Waals surface area contributed by atoms with Gasteiger partial charge in [0.1, 0.15) is 0 Å². The standard InChI is InChI=1S/C11H23N/c1-10(2,3)11(4)8-6-7-9(11)12-5/h9,12H,6-8H2,1-5H3/t9-,11?/m0/s1. The zero-order valence-corrected chi connectivity index (χ0v) is 9.20. The lowest BCUT2D eigenvalue weighted by Gasteiger charge is -2.43. The molecule has 1 aliphatic rings. The van der Waals surface area contributed by atoms with E-state index in [0.717, 1.165) is 6.04 Å². The van der Waals surface area contributed by atoms with Gasteiger partial charge in [-0.25, -0.2) is 0 Å². The van der Waals surface area contributed by atoms with Gasteiger partial charge in [-0.3, -0.25) is 0 Å². The van der Waals surface area contributed by atoms with Gasteiger partial charge in [0.25, 0.3) is 0 Å². The van der Waals surface area contributed by atoms with Gasteiger partial charge in [0.15, 0.2) is 0 Å². The fraction of sp³-hybridized carbons (Fsp3) is 1.00. The van der Waals surface area contributed by atoms with E-state index in [1.165, 1.54) is 19.3 Å². The molecule has 12 heavy (non-hydrogen) atoms. The van der Waals surface area contributed by atoms with Crippen LogP contribution in [0.5, 0.6) is 0 Å². The molecule has 0 aromatic carbocycles. The van der Waals surface area contributed by atoms with Crippen molar-refractivity contribution >= 4 is 0 Å². The average molecular weight is 169 g/mol. The van der Waals surface area contributed by atoms with Gasteiger partial charge in [0.05, 0.1) is 0 Å². The fourth-order valence-electron chi connectivity index (χ4n) is 2.53. The topological polar surface area (TPSA) is 12.0 Å². The van der Waals surface area contributed by atoms with Crippen LogP contribution in [0.25, 0.3) is 0 Å². The van der Waals surface area contributed by atoms with E-state index < -0.39 is 0 Å². The van der Waals surface area contributed by atoms with Crippen LogP contribution in [0.2, 0.25) is 0 Å². The van der Waals surface area contributed by atoms with Crippen LogP contribution in [-0.4, -0.2) is 13.1 Å². The van der Waals surface area contributed by atoms with E-state index in [4.69, 9.17) is 0 Å². The molecule has 1 saturated carbocycles. The SMILES string of the molecule is CN[C@H]1CCCC1(C)C(C)(C)C. The molecule has 0 amide bonds. The molecule has 0 radical (unpaired) electrons. The van der Waals surface area contributed by atoms with Gasteiger partial charge in [-0.1, -0.05) is 34.1 Å². The Hall–Kier alpha value is -0.0400. The quantitative estimate of drug-likeness (QED) is 0.636. The van der Waals surface area contributed by atoms with Gasteiger partial charge in [0.2, 0.25) is 0 Å². The van der Waals surface area contributed by atoms with Gasteiger partial charge < -0.3 is 5.32 Å². The maximum absolute atomic E-state index is 3.46. The van der Waals surface area contributed by atoms with E-state index in [2.05, 4.69) is 40.1 Å². The van der Waals surface area contributed by atoms with E-state index in [1.807, 2.05) is 0 Å². The smallest absolute Gasteiger partial charge is 0.0123 e. The van der Waals surface area contributed by atoms with Crippen molar-refractivity contribution in [3.05, 3.63) is 0 Å². The van der Waals surface area contributed by atoms with Crippen molar-refractivity contribution in [3.8, 4) is 0 Å². The summed E-state index contributed by atoms with van der Waals surface area (Å²) in [5, 5.41) is 3.46. The van der Waals surface area contributed by atoms with Crippen LogP contribution in [0.1, 0.15) is 47.0 Å². The second-order valence-corrected chi connectivity index (χ2v) is 5.40. The molecule has 1 N–H and O–H groups in total. The van der Waals surface area contributed by atoms with Gasteiger partial charge in [0, 0.05) is 6.04 Å². The molecule has 2 atom stereocenters. The predicted octanol–water partition coefficient (Wildman–Crippen LogP) is 2.81. The maximum atomic E-state index is 3.46. The molecule has 1 aliphatic carbocycles. The molecule has 0 heterocycles. The molecule has 1 fully saturated rings. The lowest BCUT2D eigenvalue weighted by Crippen LogP contribution is -2.45. The van der Waals surface area contributed by atoms with Crippen LogP contribution in [-0.2, 0) is 0 Å². The van der Waals surface area contributed by atoms with E-state index in [0.29, 0.717) is 10.8 Å². The Morgan fingerprint density at radius 1 is 1.33 bits per heavy atom. The Kier molecular flexibility index (Phi) is 2.53. The highest BCUT2D eigenvalue weighted by Crippen LogP contribution is 2.50. The van der Waals surface area contributed by atoms with Crippen LogP contribution in [0.3, 0.4) is 0 Å². The van der Waals surface area contributed by atoms with Crippen molar-refractivity contribution in [1.29, 1.82) is 0 Å². The highest BCUT2D eigenvalue weighted by atomic mass is 14.9. The number of rotatable bonds is 1. The Bertz CT molecular complexity index is 157. The largest absolute Gasteiger partial charge is 0.316 e. The zero-order valence-electron chi connectivity index (χ0n) is 9.20. The Balaban J connectivity index is 2.82. The first kappa shape index (κ1) is 10.0. The fourth-order valence-corrected chi connectivity index (χ4v) is 2.53. The highest BCUT2D eigenvalue weighted by Gasteiger charge is 2.46. The number of nitrogens with one attached hydrogen (secondary N) is 1. The van der Waals surface area contributed by atoms with Crippen molar-refractivity contribution in [1.82, 2.24) is 5.32 Å². The normalized spacial score (nSPS) is 37.2. The van der Waals surface area contributed by atoms with Crippen molar-refractivity contribution in [2.45, 2.75) is 53.0 Å². The van der Waals surface area contributed by atoms with Crippen molar-refractivity contribution < 1.29 is 0 Å². The molecular weight excluding hydrogens is 146 g/mol. The average Bonchev–Trinajstić information content (AvgIpc) is 2.30. The third-order valence-electron chi connectivity index (χ3n) is 4.02. The zero-order chi connectivity index (χ0) is 9.41. The third kappa shape index (κ3) is 1.39. The minimum atomic E-state index is 0.428. The van der Waals surface area contributed by atoms with E-state index in [9.17, 15) is 0 Å². The molecule has 0 aromatic rings. The van der Waals surface area contributed by atoms with Crippen LogP contribution < -0.4 is 5.32 Å². The van der Waals surface area contributed by atoms with E-state index in [-0.39, 0.29) is 0 Å². The van der Waals surface area contributed by atoms with Gasteiger partial charge in [-0.2, -0.15) is 0 Å². The lowest BCUT2D eigenvalue weighted by molar-refractivity contribution is 0.0843. The van der Waals surface area contributed by atoms with Gasteiger partial charge in [-0.05, 0) is 30.7 Å². The summed E-state index contributed by atoms with van der Waals surface area (Å²) in [7, 11) is 2.10.